The maximum atomic E-state index is 12.9. The number of hydrogen-bond donors (Lipinski definition) is 2. The molecule has 0 bridgehead atoms. The van der Waals surface area contributed by atoms with Crippen molar-refractivity contribution in [3.05, 3.63) is 54.1 Å². The van der Waals surface area contributed by atoms with E-state index in [0.29, 0.717) is 11.4 Å². The highest BCUT2D eigenvalue weighted by atomic mass is 19.1. The molecule has 0 saturated carbocycles. The van der Waals surface area contributed by atoms with Crippen LogP contribution in [-0.2, 0) is 4.79 Å². The summed E-state index contributed by atoms with van der Waals surface area (Å²) in [5.74, 6) is -2.05. The first-order chi connectivity index (χ1) is 10.0. The van der Waals surface area contributed by atoms with E-state index < -0.39 is 24.4 Å². The second kappa shape index (κ2) is 6.47. The SMILES string of the molecule is O=C(O)COc1cccc(NC(=O)c2ccnc(F)c2)c1. The molecule has 0 spiro atoms. The average Bonchev–Trinajstić information content (AvgIpc) is 2.45. The van der Waals surface area contributed by atoms with Gasteiger partial charge in [-0.2, -0.15) is 4.39 Å². The monoisotopic (exact) mass is 290 g/mol. The summed E-state index contributed by atoms with van der Waals surface area (Å²) in [6.07, 6.45) is 1.19. The first-order valence-corrected chi connectivity index (χ1v) is 5.92. The van der Waals surface area contributed by atoms with Gasteiger partial charge >= 0.3 is 5.97 Å². The van der Waals surface area contributed by atoms with Gasteiger partial charge in [-0.15, -0.1) is 0 Å². The van der Waals surface area contributed by atoms with Gasteiger partial charge in [-0.05, 0) is 18.2 Å². The number of aliphatic carboxylic acids is 1. The van der Waals surface area contributed by atoms with E-state index in [1.807, 2.05) is 0 Å². The third kappa shape index (κ3) is 4.27. The smallest absolute Gasteiger partial charge is 0.341 e. The fraction of sp³-hybridized carbons (Fsp3) is 0.0714. The number of amides is 1. The summed E-state index contributed by atoms with van der Waals surface area (Å²) in [7, 11) is 0. The zero-order valence-corrected chi connectivity index (χ0v) is 10.7. The fourth-order valence-corrected chi connectivity index (χ4v) is 1.56. The van der Waals surface area contributed by atoms with Gasteiger partial charge < -0.3 is 15.2 Å². The van der Waals surface area contributed by atoms with Crippen LogP contribution in [0.2, 0.25) is 0 Å². The van der Waals surface area contributed by atoms with E-state index in [0.717, 1.165) is 6.07 Å². The number of hydrogen-bond acceptors (Lipinski definition) is 4. The van der Waals surface area contributed by atoms with Crippen molar-refractivity contribution in [1.82, 2.24) is 4.98 Å². The van der Waals surface area contributed by atoms with Gasteiger partial charge in [0.25, 0.3) is 5.91 Å². The minimum atomic E-state index is -1.10. The number of nitrogens with zero attached hydrogens (tertiary/aromatic N) is 1. The highest BCUT2D eigenvalue weighted by molar-refractivity contribution is 6.04. The van der Waals surface area contributed by atoms with Gasteiger partial charge in [0, 0.05) is 29.6 Å². The van der Waals surface area contributed by atoms with Gasteiger partial charge in [0.05, 0.1) is 0 Å². The van der Waals surface area contributed by atoms with Crippen LogP contribution in [0.5, 0.6) is 5.75 Å². The quantitative estimate of drug-likeness (QED) is 0.821. The molecule has 0 atom stereocenters. The van der Waals surface area contributed by atoms with E-state index in [-0.39, 0.29) is 5.56 Å². The van der Waals surface area contributed by atoms with Gasteiger partial charge in [0.15, 0.2) is 6.61 Å². The Hall–Kier alpha value is -2.96. The number of carbonyl (C=O) groups is 2. The lowest BCUT2D eigenvalue weighted by atomic mass is 10.2. The molecule has 1 aromatic heterocycles. The molecule has 6 nitrogen and oxygen atoms in total. The molecule has 0 aliphatic carbocycles. The molecule has 0 saturated heterocycles. The predicted octanol–water partition coefficient (Wildman–Crippen LogP) is 1.94. The summed E-state index contributed by atoms with van der Waals surface area (Å²) >= 11 is 0. The highest BCUT2D eigenvalue weighted by Gasteiger charge is 2.08. The van der Waals surface area contributed by atoms with Gasteiger partial charge in [0.1, 0.15) is 5.75 Å². The Kier molecular flexibility index (Phi) is 4.45. The van der Waals surface area contributed by atoms with E-state index in [9.17, 15) is 14.0 Å². The Morgan fingerprint density at radius 2 is 2.10 bits per heavy atom. The third-order valence-electron chi connectivity index (χ3n) is 2.44. The van der Waals surface area contributed by atoms with Crippen molar-refractivity contribution in [2.45, 2.75) is 0 Å². The van der Waals surface area contributed by atoms with Crippen LogP contribution < -0.4 is 10.1 Å². The largest absolute Gasteiger partial charge is 0.482 e. The van der Waals surface area contributed by atoms with Crippen molar-refractivity contribution >= 4 is 17.6 Å². The van der Waals surface area contributed by atoms with Crippen LogP contribution in [-0.4, -0.2) is 28.6 Å². The Morgan fingerprint density at radius 1 is 1.29 bits per heavy atom. The lowest BCUT2D eigenvalue weighted by molar-refractivity contribution is -0.139. The number of pyridine rings is 1. The summed E-state index contributed by atoms with van der Waals surface area (Å²) in [5, 5.41) is 11.1. The zero-order valence-electron chi connectivity index (χ0n) is 10.7. The van der Waals surface area contributed by atoms with Crippen LogP contribution in [0.1, 0.15) is 10.4 Å². The number of rotatable bonds is 5. The lowest BCUT2D eigenvalue weighted by Gasteiger charge is -2.08. The summed E-state index contributed by atoms with van der Waals surface area (Å²) in [5.41, 5.74) is 0.527. The molecule has 1 aromatic carbocycles. The number of carbonyl (C=O) groups excluding carboxylic acids is 1. The van der Waals surface area contributed by atoms with Crippen LogP contribution in [0.15, 0.2) is 42.6 Å². The van der Waals surface area contributed by atoms with E-state index in [1.54, 1.807) is 18.2 Å². The minimum absolute atomic E-state index is 0.124. The Bertz CT molecular complexity index is 676. The molecule has 0 aliphatic heterocycles. The first kappa shape index (κ1) is 14.4. The Balaban J connectivity index is 2.07. The number of carboxylic acids is 1. The van der Waals surface area contributed by atoms with Crippen molar-refractivity contribution in [1.29, 1.82) is 0 Å². The molecule has 2 N–H and O–H groups in total. The summed E-state index contributed by atoms with van der Waals surface area (Å²) in [6.45, 7) is -0.479. The topological polar surface area (TPSA) is 88.5 Å². The second-order valence-electron chi connectivity index (χ2n) is 4.03. The Labute approximate surface area is 119 Å². The Morgan fingerprint density at radius 3 is 2.81 bits per heavy atom. The lowest BCUT2D eigenvalue weighted by Crippen LogP contribution is -2.13. The summed E-state index contributed by atoms with van der Waals surface area (Å²) < 4.78 is 17.9. The molecule has 0 fully saturated rings. The number of ether oxygens (including phenoxy) is 1. The third-order valence-corrected chi connectivity index (χ3v) is 2.44. The van der Waals surface area contributed by atoms with Crippen LogP contribution >= 0.6 is 0 Å². The maximum absolute atomic E-state index is 12.9. The highest BCUT2D eigenvalue weighted by Crippen LogP contribution is 2.18. The molecule has 0 aliphatic rings. The van der Waals surface area contributed by atoms with Gasteiger partial charge in [-0.3, -0.25) is 4.79 Å². The van der Waals surface area contributed by atoms with Crippen molar-refractivity contribution in [3.63, 3.8) is 0 Å². The van der Waals surface area contributed by atoms with E-state index in [4.69, 9.17) is 9.84 Å². The first-order valence-electron chi connectivity index (χ1n) is 5.92. The van der Waals surface area contributed by atoms with E-state index >= 15 is 0 Å². The van der Waals surface area contributed by atoms with Crippen molar-refractivity contribution in [2.24, 2.45) is 0 Å². The molecule has 1 amide bonds. The van der Waals surface area contributed by atoms with Crippen molar-refractivity contribution < 1.29 is 23.8 Å². The van der Waals surface area contributed by atoms with Gasteiger partial charge in [-0.1, -0.05) is 6.07 Å². The number of anilines is 1. The molecule has 2 aromatic rings. The number of benzene rings is 1. The van der Waals surface area contributed by atoms with Crippen LogP contribution in [0.4, 0.5) is 10.1 Å². The minimum Gasteiger partial charge on any atom is -0.482 e. The number of halogens is 1. The van der Waals surface area contributed by atoms with Crippen molar-refractivity contribution in [3.8, 4) is 5.75 Å². The molecular weight excluding hydrogens is 279 g/mol. The normalized spacial score (nSPS) is 9.95. The van der Waals surface area contributed by atoms with E-state index in [1.165, 1.54) is 18.3 Å². The van der Waals surface area contributed by atoms with Crippen LogP contribution in [0, 0.1) is 5.95 Å². The number of nitrogens with one attached hydrogen (secondary N) is 1. The molecule has 0 unspecified atom stereocenters. The molecular formula is C14H11FN2O4. The van der Waals surface area contributed by atoms with Crippen molar-refractivity contribution in [2.75, 3.05) is 11.9 Å². The molecule has 0 radical (unpaired) electrons. The molecule has 21 heavy (non-hydrogen) atoms. The van der Waals surface area contributed by atoms with Crippen LogP contribution in [0.25, 0.3) is 0 Å². The molecule has 2 rings (SSSR count). The molecule has 1 heterocycles. The number of carboxylic acid groups (broad SMARTS) is 1. The average molecular weight is 290 g/mol. The second-order valence-corrected chi connectivity index (χ2v) is 4.03. The van der Waals surface area contributed by atoms with Gasteiger partial charge in [0.2, 0.25) is 5.95 Å². The summed E-state index contributed by atoms with van der Waals surface area (Å²) in [6, 6.07) is 8.62. The number of aromatic nitrogens is 1. The van der Waals surface area contributed by atoms with Crippen LogP contribution in [0.3, 0.4) is 0 Å². The van der Waals surface area contributed by atoms with Gasteiger partial charge in [-0.25, -0.2) is 9.78 Å². The predicted molar refractivity (Wildman–Crippen MR) is 71.7 cm³/mol. The van der Waals surface area contributed by atoms with E-state index in [2.05, 4.69) is 10.3 Å². The zero-order chi connectivity index (χ0) is 15.2. The fourth-order valence-electron chi connectivity index (χ4n) is 1.56. The molecule has 108 valence electrons. The standard InChI is InChI=1S/C14H11FN2O4/c15-12-6-9(4-5-16-12)14(20)17-10-2-1-3-11(7-10)21-8-13(18)19/h1-7H,8H2,(H,17,20)(H,18,19). The molecule has 7 heteroatoms. The summed E-state index contributed by atoms with van der Waals surface area (Å²) in [4.78, 5) is 25.7. The maximum Gasteiger partial charge on any atom is 0.341 e.